The second-order valence-electron chi connectivity index (χ2n) is 14.6. The summed E-state index contributed by atoms with van der Waals surface area (Å²) < 4.78 is 19.4. The second kappa shape index (κ2) is 13.4. The SMILES string of the molecule is Fc1ccc2c(c1)c1ccc(-c3ccc4c(c3)c3ccccc3n4-c3ccccc3)cc1n2-c1ccc(C2=NC(c3ccccc3)NC(c3ccccc3)=C2)cc1. The van der Waals surface area contributed by atoms with Gasteiger partial charge in [-0.05, 0) is 101 Å². The molecule has 10 aromatic rings. The van der Waals surface area contributed by atoms with Gasteiger partial charge in [0.1, 0.15) is 12.0 Å². The molecule has 3 heterocycles. The number of hydrogen-bond acceptors (Lipinski definition) is 2. The van der Waals surface area contributed by atoms with Crippen molar-refractivity contribution in [1.29, 1.82) is 0 Å². The topological polar surface area (TPSA) is 34.2 Å². The lowest BCUT2D eigenvalue weighted by Crippen LogP contribution is -2.24. The first kappa shape index (κ1) is 32.9. The summed E-state index contributed by atoms with van der Waals surface area (Å²) in [4.78, 5) is 5.18. The van der Waals surface area contributed by atoms with Crippen molar-refractivity contribution in [1.82, 2.24) is 14.5 Å². The van der Waals surface area contributed by atoms with Crippen LogP contribution in [0.4, 0.5) is 4.39 Å². The zero-order valence-electron chi connectivity index (χ0n) is 30.8. The molecular formula is C52H35FN4. The summed E-state index contributed by atoms with van der Waals surface area (Å²) in [6.45, 7) is 0. The number of fused-ring (bicyclic) bond motifs is 6. The molecule has 0 amide bonds. The summed E-state index contributed by atoms with van der Waals surface area (Å²) in [6, 6.07) is 66.8. The Morgan fingerprint density at radius 2 is 0.982 bits per heavy atom. The highest BCUT2D eigenvalue weighted by Crippen LogP contribution is 2.38. The lowest BCUT2D eigenvalue weighted by Gasteiger charge is -2.25. The van der Waals surface area contributed by atoms with Crippen LogP contribution in [0.2, 0.25) is 0 Å². The maximum absolute atomic E-state index is 14.9. The first-order chi connectivity index (χ1) is 28.2. The van der Waals surface area contributed by atoms with Gasteiger partial charge in [-0.25, -0.2) is 4.39 Å². The Labute approximate surface area is 329 Å². The van der Waals surface area contributed by atoms with Gasteiger partial charge < -0.3 is 14.5 Å². The van der Waals surface area contributed by atoms with Crippen molar-refractivity contribution in [2.24, 2.45) is 4.99 Å². The van der Waals surface area contributed by atoms with Gasteiger partial charge in [-0.1, -0.05) is 127 Å². The number of aliphatic imine (C=N–C) groups is 1. The summed E-state index contributed by atoms with van der Waals surface area (Å²) in [5.41, 5.74) is 13.8. The first-order valence-electron chi connectivity index (χ1n) is 19.3. The van der Waals surface area contributed by atoms with E-state index in [1.54, 1.807) is 12.1 Å². The maximum atomic E-state index is 14.9. The van der Waals surface area contributed by atoms with Gasteiger partial charge in [0, 0.05) is 38.6 Å². The molecule has 0 aliphatic carbocycles. The molecule has 1 aliphatic heterocycles. The van der Waals surface area contributed by atoms with Gasteiger partial charge in [0.2, 0.25) is 0 Å². The highest BCUT2D eigenvalue weighted by atomic mass is 19.1. The van der Waals surface area contributed by atoms with E-state index < -0.39 is 0 Å². The molecule has 11 rings (SSSR count). The molecule has 270 valence electrons. The van der Waals surface area contributed by atoms with Crippen molar-refractivity contribution in [3.8, 4) is 22.5 Å². The fourth-order valence-corrected chi connectivity index (χ4v) is 8.51. The van der Waals surface area contributed by atoms with E-state index in [1.165, 1.54) is 16.3 Å². The minimum absolute atomic E-state index is 0.221. The first-order valence-corrected chi connectivity index (χ1v) is 19.3. The Bertz CT molecular complexity index is 3190. The van der Waals surface area contributed by atoms with Gasteiger partial charge in [0.15, 0.2) is 0 Å². The van der Waals surface area contributed by atoms with Crippen LogP contribution in [0, 0.1) is 5.82 Å². The van der Waals surface area contributed by atoms with E-state index in [1.807, 2.05) is 30.3 Å². The lowest BCUT2D eigenvalue weighted by atomic mass is 10.0. The molecule has 57 heavy (non-hydrogen) atoms. The van der Waals surface area contributed by atoms with Gasteiger partial charge in [-0.2, -0.15) is 0 Å². The normalized spacial score (nSPS) is 14.2. The second-order valence-corrected chi connectivity index (χ2v) is 14.6. The van der Waals surface area contributed by atoms with Gasteiger partial charge in [-0.15, -0.1) is 0 Å². The van der Waals surface area contributed by atoms with Gasteiger partial charge in [-0.3, -0.25) is 4.99 Å². The summed E-state index contributed by atoms with van der Waals surface area (Å²) in [7, 11) is 0. The minimum atomic E-state index is -0.251. The zero-order chi connectivity index (χ0) is 37.9. The number of nitrogens with one attached hydrogen (secondary N) is 1. The van der Waals surface area contributed by atoms with Crippen molar-refractivity contribution in [3.63, 3.8) is 0 Å². The fraction of sp³-hybridized carbons (Fsp3) is 0.0192. The average molecular weight is 735 g/mol. The molecule has 1 N–H and O–H groups in total. The van der Waals surface area contributed by atoms with Crippen LogP contribution in [0.1, 0.15) is 22.9 Å². The number of rotatable bonds is 6. The predicted octanol–water partition coefficient (Wildman–Crippen LogP) is 12.8. The molecule has 0 saturated heterocycles. The number of allylic oxidation sites excluding steroid dienone is 1. The third-order valence-corrected chi connectivity index (χ3v) is 11.2. The summed E-state index contributed by atoms with van der Waals surface area (Å²) >= 11 is 0. The highest BCUT2D eigenvalue weighted by Gasteiger charge is 2.21. The Morgan fingerprint density at radius 1 is 0.421 bits per heavy atom. The van der Waals surface area contributed by atoms with Crippen molar-refractivity contribution >= 4 is 55.0 Å². The lowest BCUT2D eigenvalue weighted by molar-refractivity contribution is 0.629. The molecule has 0 fully saturated rings. The van der Waals surface area contributed by atoms with Crippen LogP contribution >= 0.6 is 0 Å². The van der Waals surface area contributed by atoms with Gasteiger partial charge in [0.25, 0.3) is 0 Å². The summed E-state index contributed by atoms with van der Waals surface area (Å²) in [6.07, 6.45) is 1.91. The molecule has 0 radical (unpaired) electrons. The Hall–Kier alpha value is -7.50. The number of aromatic nitrogens is 2. The smallest absolute Gasteiger partial charge is 0.145 e. The third-order valence-electron chi connectivity index (χ3n) is 11.2. The predicted molar refractivity (Wildman–Crippen MR) is 234 cm³/mol. The number of benzene rings is 8. The van der Waals surface area contributed by atoms with Crippen molar-refractivity contribution < 1.29 is 4.39 Å². The molecule has 1 unspecified atom stereocenters. The minimum Gasteiger partial charge on any atom is -0.360 e. The van der Waals surface area contributed by atoms with E-state index in [9.17, 15) is 4.39 Å². The number of nitrogens with zero attached hydrogens (tertiary/aromatic N) is 3. The molecule has 1 aliphatic rings. The van der Waals surface area contributed by atoms with E-state index >= 15 is 0 Å². The van der Waals surface area contributed by atoms with Crippen LogP contribution < -0.4 is 5.32 Å². The zero-order valence-corrected chi connectivity index (χ0v) is 30.8. The van der Waals surface area contributed by atoms with E-state index in [4.69, 9.17) is 4.99 Å². The van der Waals surface area contributed by atoms with Crippen molar-refractivity contribution in [2.75, 3.05) is 0 Å². The molecule has 0 spiro atoms. The number of halogens is 1. The standard InChI is InChI=1S/C52H35FN4/c53-39-24-29-50-45(32-39)43-27-22-38(37-23-28-49-44(30-37)42-18-10-11-19-48(42)56(49)40-16-8-3-9-17-40)31-51(43)57(50)41-25-20-35(21-26-41)47-33-46(34-12-4-1-5-13-34)54-52(55-47)36-14-6-2-7-15-36/h1-33,52,54H. The Balaban J connectivity index is 1.03. The highest BCUT2D eigenvalue weighted by molar-refractivity contribution is 6.14. The van der Waals surface area contributed by atoms with Crippen LogP contribution in [-0.4, -0.2) is 14.8 Å². The molecule has 0 bridgehead atoms. The monoisotopic (exact) mass is 734 g/mol. The molecule has 2 aromatic heterocycles. The van der Waals surface area contributed by atoms with Gasteiger partial charge >= 0.3 is 0 Å². The maximum Gasteiger partial charge on any atom is 0.145 e. The van der Waals surface area contributed by atoms with Crippen LogP contribution in [-0.2, 0) is 0 Å². The molecule has 5 heteroatoms. The average Bonchev–Trinajstić information content (AvgIpc) is 3.79. The molecular weight excluding hydrogens is 700 g/mol. The molecule has 8 aromatic carbocycles. The fourth-order valence-electron chi connectivity index (χ4n) is 8.51. The summed E-state index contributed by atoms with van der Waals surface area (Å²) in [5.74, 6) is -0.251. The van der Waals surface area contributed by atoms with Crippen LogP contribution in [0.5, 0.6) is 0 Å². The van der Waals surface area contributed by atoms with E-state index in [0.29, 0.717) is 0 Å². The molecule has 0 saturated carbocycles. The number of para-hydroxylation sites is 2. The van der Waals surface area contributed by atoms with E-state index in [2.05, 4.69) is 172 Å². The van der Waals surface area contributed by atoms with E-state index in [-0.39, 0.29) is 12.0 Å². The largest absolute Gasteiger partial charge is 0.360 e. The third kappa shape index (κ3) is 5.63. The van der Waals surface area contributed by atoms with Gasteiger partial charge in [0.05, 0.1) is 27.8 Å². The molecule has 4 nitrogen and oxygen atoms in total. The Kier molecular flexibility index (Phi) is 7.71. The van der Waals surface area contributed by atoms with Crippen molar-refractivity contribution in [3.05, 3.63) is 223 Å². The van der Waals surface area contributed by atoms with E-state index in [0.717, 1.165) is 77.9 Å². The van der Waals surface area contributed by atoms with Crippen LogP contribution in [0.15, 0.2) is 205 Å². The van der Waals surface area contributed by atoms with Crippen LogP contribution in [0.3, 0.4) is 0 Å². The van der Waals surface area contributed by atoms with Crippen molar-refractivity contribution in [2.45, 2.75) is 6.17 Å². The Morgan fingerprint density at radius 3 is 1.77 bits per heavy atom. The molecule has 1 atom stereocenters. The number of hydrogen-bond donors (Lipinski definition) is 1. The quantitative estimate of drug-likeness (QED) is 0.181. The summed E-state index contributed by atoms with van der Waals surface area (Å²) in [5, 5.41) is 7.94. The van der Waals surface area contributed by atoms with Crippen LogP contribution in [0.25, 0.3) is 71.8 Å².